The van der Waals surface area contributed by atoms with Crippen molar-refractivity contribution in [3.63, 3.8) is 0 Å². The first-order valence-electron chi connectivity index (χ1n) is 6.70. The molecular formula is C15H18O2S. The molecule has 0 aliphatic heterocycles. The summed E-state index contributed by atoms with van der Waals surface area (Å²) < 4.78 is 25.3. The number of sulfone groups is 1. The number of allylic oxidation sites excluding steroid dienone is 2. The van der Waals surface area contributed by atoms with Crippen LogP contribution in [0.25, 0.3) is 0 Å². The van der Waals surface area contributed by atoms with Crippen LogP contribution in [0.1, 0.15) is 32.1 Å². The lowest BCUT2D eigenvalue weighted by Crippen LogP contribution is -2.21. The van der Waals surface area contributed by atoms with Crippen LogP contribution in [-0.2, 0) is 9.84 Å². The summed E-state index contributed by atoms with van der Waals surface area (Å²) >= 11 is 0. The first-order valence-corrected chi connectivity index (χ1v) is 8.18. The summed E-state index contributed by atoms with van der Waals surface area (Å²) in [5, 5.41) is 0. The zero-order chi connectivity index (χ0) is 12.6. The van der Waals surface area contributed by atoms with Crippen LogP contribution in [-0.4, -0.2) is 8.42 Å². The van der Waals surface area contributed by atoms with Crippen molar-refractivity contribution in [1.29, 1.82) is 0 Å². The van der Waals surface area contributed by atoms with Gasteiger partial charge in [-0.3, -0.25) is 0 Å². The third-order valence-electron chi connectivity index (χ3n) is 4.27. The first-order chi connectivity index (χ1) is 8.69. The molecule has 0 heterocycles. The van der Waals surface area contributed by atoms with Crippen molar-refractivity contribution in [1.82, 2.24) is 0 Å². The SMILES string of the molecule is O=S(=O)(C1=CCC[C@H]2CCC[C@H]12)c1ccccc1. The molecule has 96 valence electrons. The topological polar surface area (TPSA) is 34.1 Å². The van der Waals surface area contributed by atoms with Gasteiger partial charge in [0.05, 0.1) is 4.90 Å². The fourth-order valence-electron chi connectivity index (χ4n) is 3.39. The van der Waals surface area contributed by atoms with E-state index in [1.165, 1.54) is 19.3 Å². The van der Waals surface area contributed by atoms with Gasteiger partial charge in [-0.1, -0.05) is 30.7 Å². The molecule has 0 unspecified atom stereocenters. The average molecular weight is 262 g/mol. The summed E-state index contributed by atoms with van der Waals surface area (Å²) in [4.78, 5) is 1.14. The van der Waals surface area contributed by atoms with E-state index in [0.717, 1.165) is 12.8 Å². The van der Waals surface area contributed by atoms with Gasteiger partial charge in [-0.25, -0.2) is 8.42 Å². The van der Waals surface area contributed by atoms with Crippen molar-refractivity contribution in [2.45, 2.75) is 37.0 Å². The molecule has 0 amide bonds. The summed E-state index contributed by atoms with van der Waals surface area (Å²) in [5.41, 5.74) is 0. The van der Waals surface area contributed by atoms with Gasteiger partial charge in [0.1, 0.15) is 0 Å². The molecule has 18 heavy (non-hydrogen) atoms. The fraction of sp³-hybridized carbons (Fsp3) is 0.467. The van der Waals surface area contributed by atoms with E-state index in [1.54, 1.807) is 24.3 Å². The van der Waals surface area contributed by atoms with Crippen LogP contribution in [0, 0.1) is 11.8 Å². The van der Waals surface area contributed by atoms with E-state index in [-0.39, 0.29) is 5.92 Å². The standard InChI is InChI=1S/C15H18O2S/c16-18(17,13-8-2-1-3-9-13)15-11-5-7-12-6-4-10-14(12)15/h1-3,8-9,11-12,14H,4-7,10H2/t12-,14+/m1/s1. The van der Waals surface area contributed by atoms with E-state index in [4.69, 9.17) is 0 Å². The van der Waals surface area contributed by atoms with Gasteiger partial charge >= 0.3 is 0 Å². The second-order valence-corrected chi connectivity index (χ2v) is 7.25. The molecule has 2 atom stereocenters. The lowest BCUT2D eigenvalue weighted by atomic mass is 9.87. The molecule has 0 saturated heterocycles. The van der Waals surface area contributed by atoms with Gasteiger partial charge in [-0.2, -0.15) is 0 Å². The number of rotatable bonds is 2. The number of hydrogen-bond acceptors (Lipinski definition) is 2. The highest BCUT2D eigenvalue weighted by molar-refractivity contribution is 7.95. The summed E-state index contributed by atoms with van der Waals surface area (Å²) in [5.74, 6) is 0.882. The lowest BCUT2D eigenvalue weighted by Gasteiger charge is -2.26. The molecule has 3 heteroatoms. The molecule has 3 rings (SSSR count). The third kappa shape index (κ3) is 1.91. The largest absolute Gasteiger partial charge is 0.219 e. The number of hydrogen-bond donors (Lipinski definition) is 0. The Kier molecular flexibility index (Phi) is 3.02. The minimum Gasteiger partial charge on any atom is -0.219 e. The average Bonchev–Trinajstić information content (AvgIpc) is 2.87. The molecule has 1 saturated carbocycles. The fourth-order valence-corrected chi connectivity index (χ4v) is 5.23. The maximum absolute atomic E-state index is 12.7. The maximum Gasteiger partial charge on any atom is 0.202 e. The second-order valence-electron chi connectivity index (χ2n) is 5.30. The Morgan fingerprint density at radius 3 is 2.56 bits per heavy atom. The van der Waals surface area contributed by atoms with Gasteiger partial charge in [0.2, 0.25) is 9.84 Å². The highest BCUT2D eigenvalue weighted by Crippen LogP contribution is 2.45. The molecule has 0 bridgehead atoms. The Balaban J connectivity index is 2.01. The Labute approximate surface area is 109 Å². The molecular weight excluding hydrogens is 244 g/mol. The van der Waals surface area contributed by atoms with Crippen molar-refractivity contribution < 1.29 is 8.42 Å². The molecule has 1 fully saturated rings. The van der Waals surface area contributed by atoms with Crippen molar-refractivity contribution in [2.75, 3.05) is 0 Å². The highest BCUT2D eigenvalue weighted by Gasteiger charge is 2.38. The summed E-state index contributed by atoms with van der Waals surface area (Å²) in [6.45, 7) is 0. The summed E-state index contributed by atoms with van der Waals surface area (Å²) in [7, 11) is -3.26. The van der Waals surface area contributed by atoms with E-state index >= 15 is 0 Å². The van der Waals surface area contributed by atoms with Gasteiger partial charge in [0, 0.05) is 4.91 Å². The Morgan fingerprint density at radius 2 is 1.78 bits per heavy atom. The molecule has 0 spiro atoms. The van der Waals surface area contributed by atoms with E-state index in [1.807, 2.05) is 12.1 Å². The van der Waals surface area contributed by atoms with E-state index in [0.29, 0.717) is 15.7 Å². The summed E-state index contributed by atoms with van der Waals surface area (Å²) in [6, 6.07) is 8.85. The predicted octanol–water partition coefficient (Wildman–Crippen LogP) is 3.55. The van der Waals surface area contributed by atoms with Crippen molar-refractivity contribution in [3.05, 3.63) is 41.3 Å². The molecule has 1 aromatic rings. The van der Waals surface area contributed by atoms with Gasteiger partial charge in [-0.15, -0.1) is 0 Å². The van der Waals surface area contributed by atoms with Crippen molar-refractivity contribution >= 4 is 9.84 Å². The Hall–Kier alpha value is -1.09. The lowest BCUT2D eigenvalue weighted by molar-refractivity contribution is 0.401. The molecule has 0 N–H and O–H groups in total. The van der Waals surface area contributed by atoms with E-state index in [9.17, 15) is 8.42 Å². The third-order valence-corrected chi connectivity index (χ3v) is 6.25. The van der Waals surface area contributed by atoms with E-state index in [2.05, 4.69) is 0 Å². The van der Waals surface area contributed by atoms with Crippen LogP contribution in [0.5, 0.6) is 0 Å². The highest BCUT2D eigenvalue weighted by atomic mass is 32.2. The zero-order valence-corrected chi connectivity index (χ0v) is 11.2. The minimum atomic E-state index is -3.26. The van der Waals surface area contributed by atoms with Crippen LogP contribution in [0.3, 0.4) is 0 Å². The van der Waals surface area contributed by atoms with Crippen molar-refractivity contribution in [3.8, 4) is 0 Å². The van der Waals surface area contributed by atoms with Crippen LogP contribution in [0.4, 0.5) is 0 Å². The van der Waals surface area contributed by atoms with Gasteiger partial charge < -0.3 is 0 Å². The number of fused-ring (bicyclic) bond motifs is 1. The molecule has 2 aliphatic carbocycles. The molecule has 0 radical (unpaired) electrons. The zero-order valence-electron chi connectivity index (χ0n) is 10.4. The van der Waals surface area contributed by atoms with Gasteiger partial charge in [-0.05, 0) is 49.7 Å². The molecule has 2 nitrogen and oxygen atoms in total. The summed E-state index contributed by atoms with van der Waals surface area (Å²) in [6.07, 6.45) is 7.47. The molecule has 2 aliphatic rings. The minimum absolute atomic E-state index is 0.281. The Morgan fingerprint density at radius 1 is 1.00 bits per heavy atom. The second kappa shape index (κ2) is 4.54. The van der Waals surface area contributed by atoms with Crippen LogP contribution in [0.15, 0.2) is 46.2 Å². The van der Waals surface area contributed by atoms with Gasteiger partial charge in [0.25, 0.3) is 0 Å². The van der Waals surface area contributed by atoms with Crippen LogP contribution >= 0.6 is 0 Å². The van der Waals surface area contributed by atoms with Crippen LogP contribution < -0.4 is 0 Å². The van der Waals surface area contributed by atoms with Crippen molar-refractivity contribution in [2.24, 2.45) is 11.8 Å². The van der Waals surface area contributed by atoms with Crippen LogP contribution in [0.2, 0.25) is 0 Å². The number of benzene rings is 1. The molecule has 1 aromatic carbocycles. The maximum atomic E-state index is 12.7. The Bertz CT molecular complexity index is 557. The predicted molar refractivity (Wildman–Crippen MR) is 71.8 cm³/mol. The van der Waals surface area contributed by atoms with Gasteiger partial charge in [0.15, 0.2) is 0 Å². The molecule has 0 aromatic heterocycles. The quantitative estimate of drug-likeness (QED) is 0.816. The normalized spacial score (nSPS) is 27.7. The monoisotopic (exact) mass is 262 g/mol. The first kappa shape index (κ1) is 12.0. The smallest absolute Gasteiger partial charge is 0.202 e. The van der Waals surface area contributed by atoms with E-state index < -0.39 is 9.84 Å².